The maximum absolute atomic E-state index is 12.7. The molecule has 21 heavy (non-hydrogen) atoms. The molecule has 1 unspecified atom stereocenters. The van der Waals surface area contributed by atoms with Gasteiger partial charge in [0, 0.05) is 37.9 Å². The molecule has 8 heteroatoms. The molecule has 2 heterocycles. The van der Waals surface area contributed by atoms with Crippen molar-refractivity contribution in [3.8, 4) is 0 Å². The van der Waals surface area contributed by atoms with Gasteiger partial charge in [0.05, 0.1) is 0 Å². The third-order valence-corrected chi connectivity index (χ3v) is 6.02. The van der Waals surface area contributed by atoms with Crippen molar-refractivity contribution in [1.82, 2.24) is 14.2 Å². The predicted molar refractivity (Wildman–Crippen MR) is 86.9 cm³/mol. The molecule has 1 atom stereocenters. The maximum atomic E-state index is 12.7. The number of anilines is 1. The van der Waals surface area contributed by atoms with Crippen molar-refractivity contribution in [2.24, 2.45) is 5.92 Å². The van der Waals surface area contributed by atoms with Crippen LogP contribution in [-0.4, -0.2) is 63.4 Å². The third-order valence-electron chi connectivity index (χ3n) is 3.75. The molecule has 0 spiro atoms. The van der Waals surface area contributed by atoms with Gasteiger partial charge in [0.25, 0.3) is 0 Å². The van der Waals surface area contributed by atoms with Crippen molar-refractivity contribution in [3.05, 3.63) is 16.7 Å². The minimum absolute atomic E-state index is 0.202. The van der Waals surface area contributed by atoms with E-state index in [-0.39, 0.29) is 4.90 Å². The van der Waals surface area contributed by atoms with E-state index < -0.39 is 10.0 Å². The van der Waals surface area contributed by atoms with Crippen molar-refractivity contribution in [3.63, 3.8) is 0 Å². The van der Waals surface area contributed by atoms with E-state index in [4.69, 9.17) is 0 Å². The van der Waals surface area contributed by atoms with Crippen molar-refractivity contribution in [2.75, 3.05) is 46.1 Å². The Hall–Kier alpha value is -0.700. The molecule has 0 saturated carbocycles. The van der Waals surface area contributed by atoms with Crippen molar-refractivity contribution in [2.45, 2.75) is 11.3 Å². The molecule has 1 aliphatic heterocycles. The van der Waals surface area contributed by atoms with Crippen molar-refractivity contribution >= 4 is 31.8 Å². The van der Waals surface area contributed by atoms with Gasteiger partial charge in [0.1, 0.15) is 10.7 Å². The molecule has 1 fully saturated rings. The smallest absolute Gasteiger partial charge is 0.246 e. The first kappa shape index (κ1) is 16.7. The SMILES string of the molecule is CNc1ncc(Br)cc1S(=O)(=O)N(C)CC1CCN(C)C1. The summed E-state index contributed by atoms with van der Waals surface area (Å²) in [6.07, 6.45) is 2.61. The summed E-state index contributed by atoms with van der Waals surface area (Å²) in [4.78, 5) is 6.55. The number of aromatic nitrogens is 1. The lowest BCUT2D eigenvalue weighted by Crippen LogP contribution is -2.33. The van der Waals surface area contributed by atoms with E-state index in [1.165, 1.54) is 4.31 Å². The molecule has 2 rings (SSSR count). The molecular formula is C13H21BrN4O2S. The highest BCUT2D eigenvalue weighted by atomic mass is 79.9. The van der Waals surface area contributed by atoms with E-state index in [0.29, 0.717) is 22.8 Å². The van der Waals surface area contributed by atoms with Gasteiger partial charge in [0.2, 0.25) is 10.0 Å². The molecule has 1 saturated heterocycles. The van der Waals surface area contributed by atoms with E-state index in [0.717, 1.165) is 19.5 Å². The van der Waals surface area contributed by atoms with Gasteiger partial charge in [-0.25, -0.2) is 17.7 Å². The molecular weight excluding hydrogens is 356 g/mol. The van der Waals surface area contributed by atoms with Crippen LogP contribution >= 0.6 is 15.9 Å². The standard InChI is InChI=1S/C13H21BrN4O2S/c1-15-13-12(6-11(14)7-16-13)21(19,20)18(3)9-10-4-5-17(2)8-10/h6-7,10H,4-5,8-9H2,1-3H3,(H,15,16). The Morgan fingerprint density at radius 2 is 2.29 bits per heavy atom. The van der Waals surface area contributed by atoms with Crippen LogP contribution in [0, 0.1) is 5.92 Å². The zero-order valence-corrected chi connectivity index (χ0v) is 14.9. The van der Waals surface area contributed by atoms with Gasteiger partial charge in [0.15, 0.2) is 0 Å². The van der Waals surface area contributed by atoms with Crippen LogP contribution in [0.2, 0.25) is 0 Å². The number of hydrogen-bond donors (Lipinski definition) is 1. The normalized spacial score (nSPS) is 20.1. The van der Waals surface area contributed by atoms with Gasteiger partial charge in [-0.05, 0) is 47.9 Å². The van der Waals surface area contributed by atoms with Crippen molar-refractivity contribution in [1.29, 1.82) is 0 Å². The lowest BCUT2D eigenvalue weighted by Gasteiger charge is -2.22. The second kappa shape index (κ2) is 6.60. The number of halogens is 1. The first-order valence-corrected chi connectivity index (χ1v) is 9.06. The number of rotatable bonds is 5. The Kier molecular flexibility index (Phi) is 5.24. The molecule has 0 amide bonds. The monoisotopic (exact) mass is 376 g/mol. The summed E-state index contributed by atoms with van der Waals surface area (Å²) in [5, 5.41) is 2.84. The largest absolute Gasteiger partial charge is 0.372 e. The lowest BCUT2D eigenvalue weighted by molar-refractivity contribution is 0.357. The zero-order valence-electron chi connectivity index (χ0n) is 12.5. The highest BCUT2D eigenvalue weighted by Gasteiger charge is 2.29. The Morgan fingerprint density at radius 3 is 2.86 bits per heavy atom. The summed E-state index contributed by atoms with van der Waals surface area (Å²) < 4.78 is 27.6. The van der Waals surface area contributed by atoms with E-state index in [1.54, 1.807) is 26.4 Å². The molecule has 118 valence electrons. The summed E-state index contributed by atoms with van der Waals surface area (Å²) >= 11 is 3.28. The number of hydrogen-bond acceptors (Lipinski definition) is 5. The first-order valence-electron chi connectivity index (χ1n) is 6.82. The highest BCUT2D eigenvalue weighted by molar-refractivity contribution is 9.10. The minimum atomic E-state index is -3.55. The third kappa shape index (κ3) is 3.74. The average Bonchev–Trinajstić information content (AvgIpc) is 2.84. The van der Waals surface area contributed by atoms with E-state index in [9.17, 15) is 8.42 Å². The second-order valence-electron chi connectivity index (χ2n) is 5.45. The van der Waals surface area contributed by atoms with E-state index in [2.05, 4.69) is 38.2 Å². The summed E-state index contributed by atoms with van der Waals surface area (Å²) in [6, 6.07) is 1.59. The van der Waals surface area contributed by atoms with Crippen LogP contribution in [-0.2, 0) is 10.0 Å². The highest BCUT2D eigenvalue weighted by Crippen LogP contribution is 2.26. The van der Waals surface area contributed by atoms with Crippen LogP contribution < -0.4 is 5.32 Å². The molecule has 0 aliphatic carbocycles. The van der Waals surface area contributed by atoms with E-state index >= 15 is 0 Å². The molecule has 6 nitrogen and oxygen atoms in total. The molecule has 1 aliphatic rings. The Labute approximate surface area is 134 Å². The summed E-state index contributed by atoms with van der Waals surface area (Å²) in [5.74, 6) is 0.751. The Morgan fingerprint density at radius 1 is 1.57 bits per heavy atom. The molecule has 0 radical (unpaired) electrons. The van der Waals surface area contributed by atoms with Crippen LogP contribution in [0.5, 0.6) is 0 Å². The number of pyridine rings is 1. The van der Waals surface area contributed by atoms with Gasteiger partial charge in [-0.3, -0.25) is 0 Å². The van der Waals surface area contributed by atoms with Gasteiger partial charge >= 0.3 is 0 Å². The van der Waals surface area contributed by atoms with Crippen molar-refractivity contribution < 1.29 is 8.42 Å². The summed E-state index contributed by atoms with van der Waals surface area (Å²) in [7, 11) is 1.81. The van der Waals surface area contributed by atoms with Crippen LogP contribution in [0.25, 0.3) is 0 Å². The van der Waals surface area contributed by atoms with Crippen LogP contribution in [0.3, 0.4) is 0 Å². The maximum Gasteiger partial charge on any atom is 0.246 e. The van der Waals surface area contributed by atoms with Crippen LogP contribution in [0.15, 0.2) is 21.6 Å². The Bertz CT molecular complexity index is 608. The molecule has 1 aromatic rings. The first-order chi connectivity index (χ1) is 9.84. The Balaban J connectivity index is 2.22. The van der Waals surface area contributed by atoms with Gasteiger partial charge in [-0.2, -0.15) is 0 Å². The molecule has 1 N–H and O–H groups in total. The fourth-order valence-corrected chi connectivity index (χ4v) is 4.51. The summed E-state index contributed by atoms with van der Waals surface area (Å²) in [5.41, 5.74) is 0. The molecule has 0 bridgehead atoms. The van der Waals surface area contributed by atoms with Gasteiger partial charge in [-0.1, -0.05) is 0 Å². The second-order valence-corrected chi connectivity index (χ2v) is 8.38. The quantitative estimate of drug-likeness (QED) is 0.842. The van der Waals surface area contributed by atoms with Crippen LogP contribution in [0.4, 0.5) is 5.82 Å². The lowest BCUT2D eigenvalue weighted by atomic mass is 10.1. The van der Waals surface area contributed by atoms with E-state index in [1.807, 2.05) is 0 Å². The average molecular weight is 377 g/mol. The number of sulfonamides is 1. The van der Waals surface area contributed by atoms with Crippen LogP contribution in [0.1, 0.15) is 6.42 Å². The number of nitrogens with one attached hydrogen (secondary N) is 1. The zero-order chi connectivity index (χ0) is 15.6. The van der Waals surface area contributed by atoms with Gasteiger partial charge in [-0.15, -0.1) is 0 Å². The number of likely N-dealkylation sites (tertiary alicyclic amines) is 1. The predicted octanol–water partition coefficient (Wildman–Crippen LogP) is 1.46. The summed E-state index contributed by atoms with van der Waals surface area (Å²) in [6.45, 7) is 2.50. The molecule has 0 aromatic carbocycles. The fourth-order valence-electron chi connectivity index (χ4n) is 2.61. The number of nitrogens with zero attached hydrogens (tertiary/aromatic N) is 3. The molecule has 1 aromatic heterocycles. The van der Waals surface area contributed by atoms with Gasteiger partial charge < -0.3 is 10.2 Å². The fraction of sp³-hybridized carbons (Fsp3) is 0.615. The topological polar surface area (TPSA) is 65.5 Å². The minimum Gasteiger partial charge on any atom is -0.372 e.